The largest absolute Gasteiger partial charge is 0.508 e. The second-order valence-electron chi connectivity index (χ2n) is 6.76. The van der Waals surface area contributed by atoms with E-state index in [1.165, 1.54) is 25.3 Å². The Morgan fingerprint density at radius 2 is 1.85 bits per heavy atom. The van der Waals surface area contributed by atoms with Crippen LogP contribution in [0.5, 0.6) is 23.0 Å². The normalized spacial score (nSPS) is 19.2. The lowest BCUT2D eigenvalue weighted by Crippen LogP contribution is -2.36. The van der Waals surface area contributed by atoms with Crippen LogP contribution in [0.1, 0.15) is 41.4 Å². The molecule has 2 atom stereocenters. The van der Waals surface area contributed by atoms with Crippen molar-refractivity contribution < 1.29 is 29.6 Å². The molecule has 2 unspecified atom stereocenters. The minimum atomic E-state index is -1.44. The molecule has 0 radical (unpaired) electrons. The number of aliphatic hydroxyl groups is 1. The summed E-state index contributed by atoms with van der Waals surface area (Å²) in [5, 5.41) is 30.4. The number of phenols is 2. The lowest BCUT2D eigenvalue weighted by Gasteiger charge is -2.32. The third-order valence-corrected chi connectivity index (χ3v) is 4.40. The van der Waals surface area contributed by atoms with Crippen molar-refractivity contribution in [3.8, 4) is 23.0 Å². The molecule has 0 aliphatic carbocycles. The van der Waals surface area contributed by atoms with Crippen LogP contribution < -0.4 is 9.47 Å². The fraction of sp³-hybridized carbons (Fsp3) is 0.286. The van der Waals surface area contributed by atoms with Crippen LogP contribution in [0.4, 0.5) is 0 Å². The summed E-state index contributed by atoms with van der Waals surface area (Å²) in [7, 11) is 1.38. The molecule has 2 aromatic rings. The van der Waals surface area contributed by atoms with Crippen LogP contribution in [-0.4, -0.2) is 34.3 Å². The fourth-order valence-electron chi connectivity index (χ4n) is 2.99. The highest BCUT2D eigenvalue weighted by Crippen LogP contribution is 2.46. The maximum Gasteiger partial charge on any atom is 0.202 e. The predicted molar refractivity (Wildman–Crippen MR) is 100 cm³/mol. The molecule has 3 rings (SSSR count). The van der Waals surface area contributed by atoms with E-state index in [4.69, 9.17) is 9.47 Å². The maximum atomic E-state index is 12.9. The van der Waals surface area contributed by atoms with Gasteiger partial charge in [0.25, 0.3) is 0 Å². The van der Waals surface area contributed by atoms with Crippen molar-refractivity contribution in [2.45, 2.75) is 26.1 Å². The SMILES string of the molecule is COc1cc(O)c(C=CC(C)C)c2c1C(=O)C(O)C(c1ccc(O)cc1)O2. The molecule has 0 saturated heterocycles. The first-order valence-electron chi connectivity index (χ1n) is 8.63. The number of aromatic hydroxyl groups is 2. The van der Waals surface area contributed by atoms with E-state index < -0.39 is 18.0 Å². The monoisotopic (exact) mass is 370 g/mol. The third kappa shape index (κ3) is 3.48. The number of fused-ring (bicyclic) bond motifs is 1. The fourth-order valence-corrected chi connectivity index (χ4v) is 2.99. The minimum absolute atomic E-state index is 0.0654. The van der Waals surface area contributed by atoms with Crippen molar-refractivity contribution in [1.29, 1.82) is 0 Å². The van der Waals surface area contributed by atoms with Gasteiger partial charge in [0.2, 0.25) is 5.78 Å². The van der Waals surface area contributed by atoms with Crippen molar-refractivity contribution in [3.63, 3.8) is 0 Å². The Kier molecular flexibility index (Phi) is 5.10. The molecule has 0 fully saturated rings. The van der Waals surface area contributed by atoms with Crippen LogP contribution in [-0.2, 0) is 0 Å². The Bertz CT molecular complexity index is 883. The summed E-state index contributed by atoms with van der Waals surface area (Å²) in [6, 6.07) is 7.39. The Morgan fingerprint density at radius 1 is 1.19 bits per heavy atom. The molecule has 1 aliphatic heterocycles. The average Bonchev–Trinajstić information content (AvgIpc) is 2.63. The molecular formula is C21H22O6. The maximum absolute atomic E-state index is 12.9. The molecular weight excluding hydrogens is 348 g/mol. The van der Waals surface area contributed by atoms with E-state index in [9.17, 15) is 20.1 Å². The number of hydrogen-bond donors (Lipinski definition) is 3. The van der Waals surface area contributed by atoms with Crippen molar-refractivity contribution >= 4 is 11.9 Å². The summed E-state index contributed by atoms with van der Waals surface area (Å²) < 4.78 is 11.2. The van der Waals surface area contributed by atoms with Crippen LogP contribution in [0, 0.1) is 5.92 Å². The zero-order chi connectivity index (χ0) is 19.7. The summed E-state index contributed by atoms with van der Waals surface area (Å²) >= 11 is 0. The zero-order valence-electron chi connectivity index (χ0n) is 15.3. The number of Topliss-reactive ketones (excluding diaryl/α,β-unsaturated/α-hetero) is 1. The summed E-state index contributed by atoms with van der Waals surface area (Å²) in [5.74, 6) is -0.0494. The lowest BCUT2D eigenvalue weighted by molar-refractivity contribution is 0.0209. The second-order valence-corrected chi connectivity index (χ2v) is 6.76. The van der Waals surface area contributed by atoms with Gasteiger partial charge < -0.3 is 24.8 Å². The predicted octanol–water partition coefficient (Wildman–Crippen LogP) is 3.45. The van der Waals surface area contributed by atoms with Gasteiger partial charge in [-0.3, -0.25) is 4.79 Å². The molecule has 0 saturated carbocycles. The smallest absolute Gasteiger partial charge is 0.202 e. The van der Waals surface area contributed by atoms with Gasteiger partial charge in [-0.15, -0.1) is 0 Å². The van der Waals surface area contributed by atoms with E-state index in [2.05, 4.69) is 0 Å². The molecule has 27 heavy (non-hydrogen) atoms. The quantitative estimate of drug-likeness (QED) is 0.763. The molecule has 2 aromatic carbocycles. The summed E-state index contributed by atoms with van der Waals surface area (Å²) in [6.07, 6.45) is 1.15. The molecule has 142 valence electrons. The van der Waals surface area contributed by atoms with Gasteiger partial charge in [0, 0.05) is 6.07 Å². The number of benzene rings is 2. The van der Waals surface area contributed by atoms with E-state index in [0.29, 0.717) is 11.1 Å². The van der Waals surface area contributed by atoms with E-state index in [0.717, 1.165) is 0 Å². The van der Waals surface area contributed by atoms with Crippen LogP contribution >= 0.6 is 0 Å². The number of phenolic OH excluding ortho intramolecular Hbond substituents is 2. The van der Waals surface area contributed by atoms with Gasteiger partial charge in [-0.2, -0.15) is 0 Å². The van der Waals surface area contributed by atoms with Crippen molar-refractivity contribution in [3.05, 3.63) is 53.1 Å². The van der Waals surface area contributed by atoms with Gasteiger partial charge in [-0.05, 0) is 23.6 Å². The molecule has 0 amide bonds. The Morgan fingerprint density at radius 3 is 2.44 bits per heavy atom. The van der Waals surface area contributed by atoms with Crippen LogP contribution in [0.2, 0.25) is 0 Å². The molecule has 1 heterocycles. The number of ketones is 1. The molecule has 3 N–H and O–H groups in total. The van der Waals surface area contributed by atoms with E-state index >= 15 is 0 Å². The minimum Gasteiger partial charge on any atom is -0.508 e. The first kappa shape index (κ1) is 18.8. The van der Waals surface area contributed by atoms with Gasteiger partial charge in [0.05, 0.1) is 12.7 Å². The molecule has 6 nitrogen and oxygen atoms in total. The Hall–Kier alpha value is -2.99. The first-order valence-corrected chi connectivity index (χ1v) is 8.63. The van der Waals surface area contributed by atoms with Crippen molar-refractivity contribution in [2.24, 2.45) is 5.92 Å². The van der Waals surface area contributed by atoms with E-state index in [1.807, 2.05) is 19.9 Å². The molecule has 0 bridgehead atoms. The number of allylic oxidation sites excluding steroid dienone is 1. The number of methoxy groups -OCH3 is 1. The first-order chi connectivity index (χ1) is 12.8. The molecule has 0 spiro atoms. The van der Waals surface area contributed by atoms with Crippen LogP contribution in [0.3, 0.4) is 0 Å². The number of carbonyl (C=O) groups is 1. The van der Waals surface area contributed by atoms with Gasteiger partial charge in [0.15, 0.2) is 12.2 Å². The second kappa shape index (κ2) is 7.32. The summed E-state index contributed by atoms with van der Waals surface area (Å²) in [6.45, 7) is 3.97. The number of carbonyl (C=O) groups excluding carboxylic acids is 1. The highest BCUT2D eigenvalue weighted by molar-refractivity contribution is 6.07. The molecule has 0 aromatic heterocycles. The van der Waals surface area contributed by atoms with Gasteiger partial charge >= 0.3 is 0 Å². The van der Waals surface area contributed by atoms with Gasteiger partial charge in [0.1, 0.15) is 28.6 Å². The number of hydrogen-bond acceptors (Lipinski definition) is 6. The van der Waals surface area contributed by atoms with E-state index in [1.54, 1.807) is 18.2 Å². The van der Waals surface area contributed by atoms with Gasteiger partial charge in [-0.25, -0.2) is 0 Å². The highest BCUT2D eigenvalue weighted by atomic mass is 16.5. The molecule has 1 aliphatic rings. The van der Waals surface area contributed by atoms with Crippen LogP contribution in [0.25, 0.3) is 6.08 Å². The number of aliphatic hydroxyl groups excluding tert-OH is 1. The topological polar surface area (TPSA) is 96.2 Å². The number of ether oxygens (including phenoxy) is 2. The summed E-state index contributed by atoms with van der Waals surface area (Å²) in [5.41, 5.74) is 0.977. The third-order valence-electron chi connectivity index (χ3n) is 4.40. The zero-order valence-corrected chi connectivity index (χ0v) is 15.3. The standard InChI is InChI=1S/C21H22O6/c1-11(2)4-9-14-15(23)10-16(26-3)17-18(24)19(25)20(27-21(14)17)12-5-7-13(22)8-6-12/h4-11,19-20,22-23,25H,1-3H3. The summed E-state index contributed by atoms with van der Waals surface area (Å²) in [4.78, 5) is 12.9. The van der Waals surface area contributed by atoms with Crippen molar-refractivity contribution in [2.75, 3.05) is 7.11 Å². The van der Waals surface area contributed by atoms with E-state index in [-0.39, 0.29) is 34.5 Å². The van der Waals surface area contributed by atoms with Gasteiger partial charge in [-0.1, -0.05) is 38.1 Å². The Balaban J connectivity index is 2.17. The van der Waals surface area contributed by atoms with Crippen molar-refractivity contribution in [1.82, 2.24) is 0 Å². The lowest BCUT2D eigenvalue weighted by atomic mass is 9.90. The van der Waals surface area contributed by atoms with Crippen LogP contribution in [0.15, 0.2) is 36.4 Å². The average molecular weight is 370 g/mol. The highest BCUT2D eigenvalue weighted by Gasteiger charge is 2.40. The number of rotatable bonds is 4. The Labute approximate surface area is 157 Å². The molecule has 6 heteroatoms.